The van der Waals surface area contributed by atoms with Crippen LogP contribution in [0.1, 0.15) is 249 Å². The van der Waals surface area contributed by atoms with E-state index in [1.165, 1.54) is 55.4 Å². The van der Waals surface area contributed by atoms with Crippen LogP contribution in [0.5, 0.6) is 0 Å². The van der Waals surface area contributed by atoms with Crippen LogP contribution < -0.4 is 0 Å². The summed E-state index contributed by atoms with van der Waals surface area (Å²) < 4.78 is 93.5. The molecule has 8 atom stereocenters. The average Bonchev–Trinajstić information content (AvgIpc) is 0.540. The largest absolute Gasteiger partial charge is 0.466 e. The summed E-state index contributed by atoms with van der Waals surface area (Å²) in [5.74, 6) is -17.6. The lowest BCUT2D eigenvalue weighted by Gasteiger charge is -2.15. The summed E-state index contributed by atoms with van der Waals surface area (Å²) in [5.41, 5.74) is 0. The van der Waals surface area contributed by atoms with Crippen LogP contribution in [0.25, 0.3) is 0 Å². The van der Waals surface area contributed by atoms with Gasteiger partial charge in [0.15, 0.2) is 38.6 Å². The van der Waals surface area contributed by atoms with E-state index in [1.807, 2.05) is 0 Å². The van der Waals surface area contributed by atoms with Gasteiger partial charge in [0.05, 0.1) is 50.1 Å². The fourth-order valence-corrected chi connectivity index (χ4v) is 7.07. The predicted molar refractivity (Wildman–Crippen MR) is 504 cm³/mol. The quantitative estimate of drug-likeness (QED) is 0.0232. The smallest absolute Gasteiger partial charge is 0.347 e. The minimum absolute atomic E-state index is 0. The molecule has 10 N–H and O–H groups in total. The number of carbonyl (C=O) groups excluding carboxylic acids is 20. The molecule has 0 aliphatic rings. The van der Waals surface area contributed by atoms with E-state index in [0.717, 1.165) is 6.42 Å². The molecule has 0 aromatic carbocycles. The Balaban J connectivity index is -0.0000000753. The van der Waals surface area contributed by atoms with Crippen molar-refractivity contribution in [2.24, 2.45) is 23.7 Å². The molecule has 8 unspecified atom stereocenters. The van der Waals surface area contributed by atoms with Crippen LogP contribution in [-0.4, -0.2) is 367 Å². The Kier molecular flexibility index (Phi) is 146. The van der Waals surface area contributed by atoms with Gasteiger partial charge in [-0.05, 0) is 113 Å². The summed E-state index contributed by atoms with van der Waals surface area (Å²) in [4.78, 5) is 223. The summed E-state index contributed by atoms with van der Waals surface area (Å²) in [6.45, 7) is 2.54. The first-order chi connectivity index (χ1) is 59.7. The van der Waals surface area contributed by atoms with Crippen molar-refractivity contribution in [3.63, 3.8) is 0 Å². The normalized spacial score (nSPS) is 10.9. The highest BCUT2D eigenvalue weighted by molar-refractivity contribution is 5.83. The second kappa shape index (κ2) is 117. The Morgan fingerprint density at radius 3 is 0.621 bits per heavy atom. The molecule has 0 aromatic rings. The Morgan fingerprint density at radius 1 is 0.193 bits per heavy atom. The molecule has 0 saturated carbocycles. The van der Waals surface area contributed by atoms with Crippen molar-refractivity contribution in [3.8, 4) is 0 Å². The molecule has 838 valence electrons. The number of rotatable bonds is 63. The molecule has 140 heavy (non-hydrogen) atoms. The number of hydrogen-bond donors (Lipinski definition) is 10. The van der Waals surface area contributed by atoms with Crippen LogP contribution in [-0.2, 0) is 191 Å². The molecular formula is C90H178O50. The standard InChI is InChI=1S/2C18H30O10.C16H26O10.C14H22O10.C10H14O10.14CH4/c1-11(7-19)15(21)27-9-13(3)17(23)25-5-6-26-18(24)14(4)10-28-16(22)12(2)8-20;19-9-5-1-3-7-15(21)25-10-6-2-4-8-16(22)26-11-12-27-18(24)14-28-17(23)13-20;17-7-3-1-5-13(19)23-8-4-2-6-14(20)24-9-10-25-16(22)12-26-15(21)11-18;1-7(15)11(17)23-9(3)13(19)21-5-6-22-14(20)10(4)24-12(18)8(2)16;11-3-7(13)19-5-9(15)17-1-2-18-10(16)6-20-8(14)4-12;;;;;;;;;;;;;;/h11-14,19-20H,5-10H2,1-4H3;19-20H,1-14H2;17-18H,1-12H2;7-10,15-16H,5-6H2,1-4H3;11-12H,1-6H2;14*1H4. The molecule has 0 aliphatic carbocycles. The molecule has 0 heterocycles. The van der Waals surface area contributed by atoms with Crippen molar-refractivity contribution in [2.45, 2.75) is 274 Å². The van der Waals surface area contributed by atoms with Gasteiger partial charge in [0.25, 0.3) is 0 Å². The minimum atomic E-state index is -1.37. The Labute approximate surface area is 827 Å². The molecule has 0 spiro atoms. The van der Waals surface area contributed by atoms with Crippen LogP contribution in [0.3, 0.4) is 0 Å². The summed E-state index contributed by atoms with van der Waals surface area (Å²) in [5, 5.41) is 86.1. The van der Waals surface area contributed by atoms with Gasteiger partial charge in [-0.25, -0.2) is 57.5 Å². The number of hydrogen-bond acceptors (Lipinski definition) is 50. The number of esters is 20. The highest BCUT2D eigenvalue weighted by atomic mass is 16.7. The van der Waals surface area contributed by atoms with Crippen LogP contribution in [0.2, 0.25) is 0 Å². The molecule has 0 fully saturated rings. The Hall–Kier alpha value is -11.0. The van der Waals surface area contributed by atoms with Crippen molar-refractivity contribution in [1.29, 1.82) is 0 Å². The van der Waals surface area contributed by atoms with E-state index in [-0.39, 0.29) is 247 Å². The van der Waals surface area contributed by atoms with Crippen LogP contribution in [0.15, 0.2) is 0 Å². The third-order valence-electron chi connectivity index (χ3n) is 14.1. The third kappa shape index (κ3) is 112. The Morgan fingerprint density at radius 2 is 0.386 bits per heavy atom. The zero-order valence-electron chi connectivity index (χ0n) is 71.7. The molecule has 0 rings (SSSR count). The molecule has 0 aliphatic heterocycles. The average molecular weight is 2060 g/mol. The van der Waals surface area contributed by atoms with E-state index < -0.39 is 208 Å². The van der Waals surface area contributed by atoms with Gasteiger partial charge in [-0.3, -0.25) is 38.4 Å². The van der Waals surface area contributed by atoms with Gasteiger partial charge in [-0.2, -0.15) is 0 Å². The maximum atomic E-state index is 11.8. The monoisotopic (exact) mass is 2060 g/mol. The first kappa shape index (κ1) is 175. The van der Waals surface area contributed by atoms with E-state index >= 15 is 0 Å². The van der Waals surface area contributed by atoms with E-state index in [0.29, 0.717) is 70.8 Å². The van der Waals surface area contributed by atoms with Gasteiger partial charge in [0, 0.05) is 38.9 Å². The molecule has 0 radical (unpaired) electrons. The van der Waals surface area contributed by atoms with E-state index in [1.54, 1.807) is 0 Å². The van der Waals surface area contributed by atoms with E-state index in [2.05, 4.69) is 47.4 Å². The number of ether oxygens (including phenoxy) is 20. The van der Waals surface area contributed by atoms with E-state index in [4.69, 9.17) is 98.4 Å². The third-order valence-corrected chi connectivity index (χ3v) is 14.1. The molecule has 0 saturated heterocycles. The molecule has 0 aromatic heterocycles. The summed E-state index contributed by atoms with van der Waals surface area (Å²) >= 11 is 0. The molecule has 50 heteroatoms. The maximum Gasteiger partial charge on any atom is 0.347 e. The maximum absolute atomic E-state index is 11.8. The number of aliphatic hydroxyl groups excluding tert-OH is 10. The minimum Gasteiger partial charge on any atom is -0.466 e. The first-order valence-electron chi connectivity index (χ1n) is 39.2. The van der Waals surface area contributed by atoms with Gasteiger partial charge in [-0.1, -0.05) is 110 Å². The summed E-state index contributed by atoms with van der Waals surface area (Å²) in [6, 6.07) is 0. The van der Waals surface area contributed by atoms with Crippen molar-refractivity contribution < 1.29 is 242 Å². The van der Waals surface area contributed by atoms with E-state index in [9.17, 15) is 95.9 Å². The topological polar surface area (TPSA) is 728 Å². The van der Waals surface area contributed by atoms with Crippen molar-refractivity contribution >= 4 is 119 Å². The number of unbranched alkanes of at least 4 members (excludes halogenated alkanes) is 6. The molecular weight excluding hydrogens is 1880 g/mol. The SMILES string of the molecule is C.C.C.C.C.C.C.C.C.C.C.C.C.C.CC(CO)C(=O)OCC(C)C(=O)OCCOC(=O)C(C)COC(=O)C(C)CO.CC(O)C(=O)OC(C)C(=O)OCCOC(=O)C(C)OC(=O)C(C)O.O=C(CO)OCC(=O)OCCOC(=O)CCCCCOC(=O)CCCCCO.O=C(CO)OCC(=O)OCCOC(=O)CCCCOC(=O)CCCCO.O=C(CO)OCC(=O)OCCOC(=O)COC(=O)CO. The zero-order valence-corrected chi connectivity index (χ0v) is 71.7. The predicted octanol–water partition coefficient (Wildman–Crippen LogP) is 4.18. The molecule has 50 nitrogen and oxygen atoms in total. The lowest BCUT2D eigenvalue weighted by Crippen LogP contribution is -2.32. The first-order valence-corrected chi connectivity index (χ1v) is 39.2. The second-order valence-electron chi connectivity index (χ2n) is 25.4. The Bertz CT molecular complexity index is 3060. The summed E-state index contributed by atoms with van der Waals surface area (Å²) in [7, 11) is 0. The fourth-order valence-electron chi connectivity index (χ4n) is 7.07. The van der Waals surface area contributed by atoms with Crippen LogP contribution in [0, 0.1) is 23.7 Å². The molecule has 0 amide bonds. The highest BCUT2D eigenvalue weighted by Gasteiger charge is 2.26. The van der Waals surface area contributed by atoms with Gasteiger partial charge in [0.2, 0.25) is 0 Å². The fraction of sp³-hybridized carbons (Fsp3) is 0.778. The van der Waals surface area contributed by atoms with Crippen molar-refractivity contribution in [3.05, 3.63) is 0 Å². The van der Waals surface area contributed by atoms with Crippen LogP contribution >= 0.6 is 0 Å². The van der Waals surface area contributed by atoms with Crippen molar-refractivity contribution in [1.82, 2.24) is 0 Å². The van der Waals surface area contributed by atoms with Gasteiger partial charge in [-0.15, -0.1) is 0 Å². The lowest BCUT2D eigenvalue weighted by molar-refractivity contribution is -0.175. The van der Waals surface area contributed by atoms with Gasteiger partial charge < -0.3 is 146 Å². The molecule has 0 bridgehead atoms. The van der Waals surface area contributed by atoms with Gasteiger partial charge in [0.1, 0.15) is 118 Å². The van der Waals surface area contributed by atoms with Gasteiger partial charge >= 0.3 is 119 Å². The summed E-state index contributed by atoms with van der Waals surface area (Å²) in [6.07, 6.45) is 2.04. The highest BCUT2D eigenvalue weighted by Crippen LogP contribution is 2.10. The zero-order chi connectivity index (χ0) is 96.6. The van der Waals surface area contributed by atoms with Crippen molar-refractivity contribution in [2.75, 3.05) is 172 Å². The number of carbonyl (C=O) groups is 20. The second-order valence-corrected chi connectivity index (χ2v) is 25.4. The number of aliphatic hydroxyl groups is 10. The lowest BCUT2D eigenvalue weighted by atomic mass is 10.2. The van der Waals surface area contributed by atoms with Crippen LogP contribution in [0.4, 0.5) is 0 Å².